The molecule has 1 aliphatic carbocycles. The molecular weight excluding hydrogens is 240 g/mol. The Kier molecular flexibility index (Phi) is 4.46. The highest BCUT2D eigenvalue weighted by Crippen LogP contribution is 2.37. The highest BCUT2D eigenvalue weighted by molar-refractivity contribution is 5.76. The second kappa shape index (κ2) is 6.09. The minimum absolute atomic E-state index is 0.277. The molecule has 1 aliphatic rings. The van der Waals surface area contributed by atoms with Crippen LogP contribution in [0.25, 0.3) is 0 Å². The molecule has 2 rings (SSSR count). The van der Waals surface area contributed by atoms with Crippen LogP contribution in [0.4, 0.5) is 0 Å². The zero-order chi connectivity index (χ0) is 13.8. The molecule has 1 atom stereocenters. The number of ether oxygens (including phenoxy) is 1. The molecule has 1 N–H and O–H groups in total. The third-order valence-corrected chi connectivity index (χ3v) is 4.17. The molecule has 104 valence electrons. The Morgan fingerprint density at radius 1 is 1.32 bits per heavy atom. The van der Waals surface area contributed by atoms with Gasteiger partial charge < -0.3 is 9.84 Å². The smallest absolute Gasteiger partial charge is 0.311 e. The van der Waals surface area contributed by atoms with Crippen LogP contribution in [0.1, 0.15) is 49.1 Å². The van der Waals surface area contributed by atoms with Crippen LogP contribution in [0.15, 0.2) is 18.2 Å². The van der Waals surface area contributed by atoms with E-state index in [9.17, 15) is 9.90 Å². The van der Waals surface area contributed by atoms with E-state index in [4.69, 9.17) is 4.74 Å². The summed E-state index contributed by atoms with van der Waals surface area (Å²) in [5.74, 6) is 0.0250. The fourth-order valence-corrected chi connectivity index (χ4v) is 3.18. The SMILES string of the molecule is COc1ccc(C(C(=O)O)C2CCCCC2)cc1C. The van der Waals surface area contributed by atoms with E-state index in [0.717, 1.165) is 42.6 Å². The van der Waals surface area contributed by atoms with Gasteiger partial charge in [-0.25, -0.2) is 0 Å². The molecule has 1 aromatic rings. The first-order chi connectivity index (χ1) is 9.13. The lowest BCUT2D eigenvalue weighted by atomic mass is 9.76. The summed E-state index contributed by atoms with van der Waals surface area (Å²) in [6.45, 7) is 1.96. The van der Waals surface area contributed by atoms with Gasteiger partial charge in [0.1, 0.15) is 5.75 Å². The standard InChI is InChI=1S/C16H22O3/c1-11-10-13(8-9-14(11)19-2)15(16(17)18)12-6-4-3-5-7-12/h8-10,12,15H,3-7H2,1-2H3,(H,17,18). The summed E-state index contributed by atoms with van der Waals surface area (Å²) in [6.07, 6.45) is 5.61. The third kappa shape index (κ3) is 3.09. The summed E-state index contributed by atoms with van der Waals surface area (Å²) in [5, 5.41) is 9.57. The Balaban J connectivity index is 2.28. The van der Waals surface area contributed by atoms with Crippen LogP contribution in [-0.2, 0) is 4.79 Å². The highest BCUT2D eigenvalue weighted by atomic mass is 16.5. The van der Waals surface area contributed by atoms with E-state index in [1.807, 2.05) is 25.1 Å². The fourth-order valence-electron chi connectivity index (χ4n) is 3.18. The second-order valence-corrected chi connectivity index (χ2v) is 5.44. The van der Waals surface area contributed by atoms with Crippen molar-refractivity contribution in [2.75, 3.05) is 7.11 Å². The molecule has 0 saturated heterocycles. The zero-order valence-electron chi connectivity index (χ0n) is 11.7. The van der Waals surface area contributed by atoms with E-state index in [-0.39, 0.29) is 11.8 Å². The van der Waals surface area contributed by atoms with Crippen LogP contribution in [0.3, 0.4) is 0 Å². The lowest BCUT2D eigenvalue weighted by Gasteiger charge is -2.28. The molecule has 19 heavy (non-hydrogen) atoms. The summed E-state index contributed by atoms with van der Waals surface area (Å²) in [6, 6.07) is 5.74. The monoisotopic (exact) mass is 262 g/mol. The molecule has 1 fully saturated rings. The maximum atomic E-state index is 11.6. The van der Waals surface area contributed by atoms with Crippen LogP contribution in [0.5, 0.6) is 5.75 Å². The van der Waals surface area contributed by atoms with Crippen molar-refractivity contribution in [1.82, 2.24) is 0 Å². The van der Waals surface area contributed by atoms with Gasteiger partial charge >= 0.3 is 5.97 Å². The van der Waals surface area contributed by atoms with Crippen molar-refractivity contribution in [2.45, 2.75) is 44.9 Å². The molecule has 3 nitrogen and oxygen atoms in total. The summed E-state index contributed by atoms with van der Waals surface area (Å²) >= 11 is 0. The fraction of sp³-hybridized carbons (Fsp3) is 0.562. The summed E-state index contributed by atoms with van der Waals surface area (Å²) in [7, 11) is 1.64. The van der Waals surface area contributed by atoms with Crippen molar-refractivity contribution in [1.29, 1.82) is 0 Å². The van der Waals surface area contributed by atoms with Gasteiger partial charge in [-0.1, -0.05) is 31.4 Å². The quantitative estimate of drug-likeness (QED) is 0.898. The second-order valence-electron chi connectivity index (χ2n) is 5.44. The number of hydrogen-bond donors (Lipinski definition) is 1. The minimum Gasteiger partial charge on any atom is -0.496 e. The van der Waals surface area contributed by atoms with Crippen LogP contribution in [0, 0.1) is 12.8 Å². The molecule has 1 unspecified atom stereocenters. The van der Waals surface area contributed by atoms with E-state index in [0.29, 0.717) is 0 Å². The predicted molar refractivity (Wildman–Crippen MR) is 74.7 cm³/mol. The number of carboxylic acids is 1. The lowest BCUT2D eigenvalue weighted by Crippen LogP contribution is -2.23. The number of hydrogen-bond acceptors (Lipinski definition) is 2. The van der Waals surface area contributed by atoms with E-state index in [1.165, 1.54) is 6.42 Å². The van der Waals surface area contributed by atoms with Crippen LogP contribution < -0.4 is 4.74 Å². The topological polar surface area (TPSA) is 46.5 Å². The molecule has 0 spiro atoms. The van der Waals surface area contributed by atoms with Crippen molar-refractivity contribution in [3.8, 4) is 5.75 Å². The van der Waals surface area contributed by atoms with E-state index in [2.05, 4.69) is 0 Å². The first kappa shape index (κ1) is 13.9. The van der Waals surface area contributed by atoms with E-state index in [1.54, 1.807) is 7.11 Å². The number of methoxy groups -OCH3 is 1. The lowest BCUT2D eigenvalue weighted by molar-refractivity contribution is -0.140. The molecule has 0 heterocycles. The third-order valence-electron chi connectivity index (χ3n) is 4.17. The van der Waals surface area contributed by atoms with Gasteiger partial charge in [-0.3, -0.25) is 4.79 Å². The van der Waals surface area contributed by atoms with Crippen molar-refractivity contribution >= 4 is 5.97 Å². The highest BCUT2D eigenvalue weighted by Gasteiger charge is 2.30. The first-order valence-electron chi connectivity index (χ1n) is 7.01. The van der Waals surface area contributed by atoms with Gasteiger partial charge in [-0.05, 0) is 42.9 Å². The summed E-state index contributed by atoms with van der Waals surface area (Å²) in [5.41, 5.74) is 1.92. The van der Waals surface area contributed by atoms with Gasteiger partial charge in [0.2, 0.25) is 0 Å². The van der Waals surface area contributed by atoms with Gasteiger partial charge in [0.15, 0.2) is 0 Å². The Labute approximate surface area is 114 Å². The first-order valence-corrected chi connectivity index (χ1v) is 7.01. The van der Waals surface area contributed by atoms with Crippen LogP contribution >= 0.6 is 0 Å². The van der Waals surface area contributed by atoms with Crippen molar-refractivity contribution in [3.05, 3.63) is 29.3 Å². The molecule has 1 aromatic carbocycles. The van der Waals surface area contributed by atoms with E-state index >= 15 is 0 Å². The predicted octanol–water partition coefficient (Wildman–Crippen LogP) is 3.75. The Hall–Kier alpha value is -1.51. The zero-order valence-corrected chi connectivity index (χ0v) is 11.7. The van der Waals surface area contributed by atoms with Gasteiger partial charge in [0.05, 0.1) is 13.0 Å². The number of rotatable bonds is 4. The molecule has 0 aliphatic heterocycles. The van der Waals surface area contributed by atoms with Gasteiger partial charge in [-0.2, -0.15) is 0 Å². The maximum absolute atomic E-state index is 11.6. The van der Waals surface area contributed by atoms with Gasteiger partial charge in [-0.15, -0.1) is 0 Å². The molecular formula is C16H22O3. The Morgan fingerprint density at radius 3 is 2.53 bits per heavy atom. The van der Waals surface area contributed by atoms with Crippen LogP contribution in [0.2, 0.25) is 0 Å². The average molecular weight is 262 g/mol. The number of aryl methyl sites for hydroxylation is 1. The maximum Gasteiger partial charge on any atom is 0.311 e. The average Bonchev–Trinajstić information content (AvgIpc) is 2.40. The minimum atomic E-state index is -0.698. The number of carboxylic acid groups (broad SMARTS) is 1. The molecule has 0 aromatic heterocycles. The number of carbonyl (C=O) groups is 1. The number of benzene rings is 1. The van der Waals surface area contributed by atoms with Gasteiger partial charge in [0.25, 0.3) is 0 Å². The Morgan fingerprint density at radius 2 is 2.00 bits per heavy atom. The van der Waals surface area contributed by atoms with Crippen molar-refractivity contribution in [3.63, 3.8) is 0 Å². The molecule has 0 amide bonds. The molecule has 0 bridgehead atoms. The van der Waals surface area contributed by atoms with Gasteiger partial charge in [0, 0.05) is 0 Å². The van der Waals surface area contributed by atoms with Crippen molar-refractivity contribution in [2.24, 2.45) is 5.92 Å². The normalized spacial score (nSPS) is 18.0. The van der Waals surface area contributed by atoms with Crippen molar-refractivity contribution < 1.29 is 14.6 Å². The number of aliphatic carboxylic acids is 1. The summed E-state index contributed by atoms with van der Waals surface area (Å²) < 4.78 is 5.24. The Bertz CT molecular complexity index is 447. The summed E-state index contributed by atoms with van der Waals surface area (Å²) in [4.78, 5) is 11.6. The molecule has 3 heteroatoms. The largest absolute Gasteiger partial charge is 0.496 e. The molecule has 1 saturated carbocycles. The molecule has 0 radical (unpaired) electrons. The van der Waals surface area contributed by atoms with Crippen LogP contribution in [-0.4, -0.2) is 18.2 Å². The van der Waals surface area contributed by atoms with E-state index < -0.39 is 5.97 Å².